The molecule has 1 aliphatic rings. The van der Waals surface area contributed by atoms with E-state index in [1.807, 2.05) is 0 Å². The van der Waals surface area contributed by atoms with Crippen molar-refractivity contribution < 1.29 is 4.39 Å². The molecule has 1 saturated heterocycles. The summed E-state index contributed by atoms with van der Waals surface area (Å²) >= 11 is 0. The number of piperazine rings is 1. The Morgan fingerprint density at radius 2 is 1.77 bits per heavy atom. The zero-order valence-corrected chi connectivity index (χ0v) is 7.46. The minimum absolute atomic E-state index is 0.289. The van der Waals surface area contributed by atoms with Crippen LogP contribution in [0.4, 0.5) is 4.39 Å². The van der Waals surface area contributed by atoms with Gasteiger partial charge in [0.25, 0.3) is 0 Å². The van der Waals surface area contributed by atoms with Crippen molar-refractivity contribution in [2.24, 2.45) is 0 Å². The SMILES string of the molecule is C1CNCCN1.Fc1cccnc1. The van der Waals surface area contributed by atoms with Gasteiger partial charge >= 0.3 is 0 Å². The Morgan fingerprint density at radius 1 is 1.15 bits per heavy atom. The van der Waals surface area contributed by atoms with E-state index in [-0.39, 0.29) is 5.82 Å². The highest BCUT2D eigenvalue weighted by molar-refractivity contribution is 4.92. The minimum atomic E-state index is -0.289. The minimum Gasteiger partial charge on any atom is -0.314 e. The molecule has 0 radical (unpaired) electrons. The molecule has 0 amide bonds. The summed E-state index contributed by atoms with van der Waals surface area (Å²) in [7, 11) is 0. The van der Waals surface area contributed by atoms with Crippen LogP contribution in [0.2, 0.25) is 0 Å². The normalized spacial score (nSPS) is 15.8. The third-order valence-electron chi connectivity index (χ3n) is 1.58. The van der Waals surface area contributed by atoms with Crippen molar-refractivity contribution in [2.45, 2.75) is 0 Å². The largest absolute Gasteiger partial charge is 0.314 e. The summed E-state index contributed by atoms with van der Waals surface area (Å²) in [5.41, 5.74) is 0. The quantitative estimate of drug-likeness (QED) is 0.611. The molecule has 4 heteroatoms. The Hall–Kier alpha value is -1.00. The van der Waals surface area contributed by atoms with Crippen LogP contribution in [0.3, 0.4) is 0 Å². The summed E-state index contributed by atoms with van der Waals surface area (Å²) in [5, 5.41) is 6.44. The predicted molar refractivity (Wildman–Crippen MR) is 49.9 cm³/mol. The maximum absolute atomic E-state index is 11.8. The lowest BCUT2D eigenvalue weighted by Gasteiger charge is -2.11. The monoisotopic (exact) mass is 183 g/mol. The fourth-order valence-electron chi connectivity index (χ4n) is 0.945. The van der Waals surface area contributed by atoms with Gasteiger partial charge in [0.2, 0.25) is 0 Å². The van der Waals surface area contributed by atoms with E-state index in [4.69, 9.17) is 0 Å². The number of halogens is 1. The van der Waals surface area contributed by atoms with Crippen LogP contribution in [0.25, 0.3) is 0 Å². The van der Waals surface area contributed by atoms with Crippen molar-refractivity contribution in [2.75, 3.05) is 26.2 Å². The standard InChI is InChI=1S/C5H4FN.C4H10N2/c6-5-2-1-3-7-4-5;1-2-6-4-3-5-1/h1-4H;5-6H,1-4H2. The van der Waals surface area contributed by atoms with Gasteiger partial charge in [-0.1, -0.05) is 0 Å². The number of pyridine rings is 1. The van der Waals surface area contributed by atoms with E-state index in [1.54, 1.807) is 6.07 Å². The average Bonchev–Trinajstić information content (AvgIpc) is 2.22. The second-order valence-corrected chi connectivity index (χ2v) is 2.67. The molecule has 13 heavy (non-hydrogen) atoms. The Balaban J connectivity index is 0.000000132. The second kappa shape index (κ2) is 6.51. The maximum atomic E-state index is 11.8. The highest BCUT2D eigenvalue weighted by Crippen LogP contribution is 1.88. The lowest BCUT2D eigenvalue weighted by Crippen LogP contribution is -2.39. The molecule has 0 spiro atoms. The first-order chi connectivity index (χ1) is 6.39. The van der Waals surface area contributed by atoms with Crippen LogP contribution >= 0.6 is 0 Å². The van der Waals surface area contributed by atoms with Gasteiger partial charge in [0, 0.05) is 32.4 Å². The van der Waals surface area contributed by atoms with Crippen molar-refractivity contribution in [3.05, 3.63) is 30.3 Å². The van der Waals surface area contributed by atoms with E-state index >= 15 is 0 Å². The van der Waals surface area contributed by atoms with Gasteiger partial charge in [0.05, 0.1) is 6.20 Å². The van der Waals surface area contributed by atoms with E-state index in [0.29, 0.717) is 0 Å². The summed E-state index contributed by atoms with van der Waals surface area (Å²) in [5.74, 6) is -0.289. The molecule has 1 aromatic heterocycles. The topological polar surface area (TPSA) is 37.0 Å². The molecule has 3 nitrogen and oxygen atoms in total. The number of nitrogens with one attached hydrogen (secondary N) is 2. The number of rotatable bonds is 0. The third kappa shape index (κ3) is 5.27. The first-order valence-electron chi connectivity index (χ1n) is 4.36. The van der Waals surface area contributed by atoms with Gasteiger partial charge in [0.1, 0.15) is 5.82 Å². The molecule has 0 unspecified atom stereocenters. The molecule has 0 aromatic carbocycles. The molecule has 1 fully saturated rings. The second-order valence-electron chi connectivity index (χ2n) is 2.67. The Morgan fingerprint density at radius 3 is 2.00 bits per heavy atom. The van der Waals surface area contributed by atoms with Crippen molar-refractivity contribution in [3.63, 3.8) is 0 Å². The lowest BCUT2D eigenvalue weighted by molar-refractivity contribution is 0.534. The molecule has 0 bridgehead atoms. The molecular formula is C9H14FN3. The van der Waals surface area contributed by atoms with E-state index in [9.17, 15) is 4.39 Å². The summed E-state index contributed by atoms with van der Waals surface area (Å²) in [6, 6.07) is 2.91. The first kappa shape index (κ1) is 10.1. The van der Waals surface area contributed by atoms with Crippen molar-refractivity contribution >= 4 is 0 Å². The summed E-state index contributed by atoms with van der Waals surface area (Å²) in [4.78, 5) is 3.51. The highest BCUT2D eigenvalue weighted by Gasteiger charge is 1.91. The predicted octanol–water partition coefficient (Wildman–Crippen LogP) is 0.400. The fraction of sp³-hybridized carbons (Fsp3) is 0.444. The Kier molecular flexibility index (Phi) is 5.05. The lowest BCUT2D eigenvalue weighted by atomic mass is 10.4. The van der Waals surface area contributed by atoms with Crippen LogP contribution in [0.15, 0.2) is 24.5 Å². The zero-order valence-electron chi connectivity index (χ0n) is 7.46. The van der Waals surface area contributed by atoms with E-state index < -0.39 is 0 Å². The summed E-state index contributed by atoms with van der Waals surface area (Å²) < 4.78 is 11.8. The molecule has 2 N–H and O–H groups in total. The molecule has 2 rings (SSSR count). The molecular weight excluding hydrogens is 169 g/mol. The van der Waals surface area contributed by atoms with Crippen LogP contribution in [-0.2, 0) is 0 Å². The van der Waals surface area contributed by atoms with Crippen LogP contribution in [0.1, 0.15) is 0 Å². The highest BCUT2D eigenvalue weighted by atomic mass is 19.1. The van der Waals surface area contributed by atoms with Gasteiger partial charge in [-0.2, -0.15) is 0 Å². The van der Waals surface area contributed by atoms with Gasteiger partial charge in [-0.15, -0.1) is 0 Å². The van der Waals surface area contributed by atoms with Crippen LogP contribution in [0, 0.1) is 5.82 Å². The van der Waals surface area contributed by atoms with E-state index in [2.05, 4.69) is 15.6 Å². The number of nitrogens with zero attached hydrogens (tertiary/aromatic N) is 1. The average molecular weight is 183 g/mol. The molecule has 0 saturated carbocycles. The maximum Gasteiger partial charge on any atom is 0.141 e. The van der Waals surface area contributed by atoms with Gasteiger partial charge in [0.15, 0.2) is 0 Å². The van der Waals surface area contributed by atoms with Crippen molar-refractivity contribution in [1.82, 2.24) is 15.6 Å². The summed E-state index contributed by atoms with van der Waals surface area (Å²) in [6.07, 6.45) is 2.70. The molecule has 1 aliphatic heterocycles. The van der Waals surface area contributed by atoms with Gasteiger partial charge < -0.3 is 10.6 Å². The van der Waals surface area contributed by atoms with Gasteiger partial charge in [-0.05, 0) is 12.1 Å². The smallest absolute Gasteiger partial charge is 0.141 e. The molecule has 0 aliphatic carbocycles. The Labute approximate surface area is 77.4 Å². The van der Waals surface area contributed by atoms with Crippen molar-refractivity contribution in [3.8, 4) is 0 Å². The Bertz CT molecular complexity index is 200. The molecule has 72 valence electrons. The van der Waals surface area contributed by atoms with E-state index in [1.165, 1.54) is 18.5 Å². The van der Waals surface area contributed by atoms with Gasteiger partial charge in [-0.25, -0.2) is 4.39 Å². The first-order valence-corrected chi connectivity index (χ1v) is 4.36. The van der Waals surface area contributed by atoms with Crippen molar-refractivity contribution in [1.29, 1.82) is 0 Å². The van der Waals surface area contributed by atoms with Crippen LogP contribution < -0.4 is 10.6 Å². The zero-order chi connectivity index (χ0) is 9.36. The van der Waals surface area contributed by atoms with Gasteiger partial charge in [-0.3, -0.25) is 4.98 Å². The molecule has 1 aromatic rings. The molecule has 0 atom stereocenters. The number of hydrogen-bond acceptors (Lipinski definition) is 3. The van der Waals surface area contributed by atoms with E-state index in [0.717, 1.165) is 26.2 Å². The molecule has 2 heterocycles. The van der Waals surface area contributed by atoms with Crippen LogP contribution in [0.5, 0.6) is 0 Å². The van der Waals surface area contributed by atoms with Crippen LogP contribution in [-0.4, -0.2) is 31.2 Å². The third-order valence-corrected chi connectivity index (χ3v) is 1.58. The number of hydrogen-bond donors (Lipinski definition) is 2. The number of aromatic nitrogens is 1. The summed E-state index contributed by atoms with van der Waals surface area (Å²) in [6.45, 7) is 4.56. The fourth-order valence-corrected chi connectivity index (χ4v) is 0.945.